The number of primary amides is 1. The zero-order chi connectivity index (χ0) is 24.4. The van der Waals surface area contributed by atoms with Crippen LogP contribution in [0.15, 0.2) is 0 Å². The highest BCUT2D eigenvalue weighted by Crippen LogP contribution is 2.19. The van der Waals surface area contributed by atoms with Crippen LogP contribution in [0, 0.1) is 5.92 Å². The fraction of sp³-hybridized carbons (Fsp3) is 0.750. The molecule has 1 rings (SSSR count). The van der Waals surface area contributed by atoms with Gasteiger partial charge in [0.15, 0.2) is 0 Å². The first-order valence-corrected chi connectivity index (χ1v) is 12.0. The zero-order valence-electron chi connectivity index (χ0n) is 18.8. The first-order chi connectivity index (χ1) is 15.0. The average molecular weight is 474 g/mol. The van der Waals surface area contributed by atoms with Gasteiger partial charge in [-0.1, -0.05) is 13.8 Å². The van der Waals surface area contributed by atoms with E-state index in [-0.39, 0.29) is 18.8 Å². The molecular weight excluding hydrogens is 438 g/mol. The molecule has 7 N–H and O–H groups in total. The van der Waals surface area contributed by atoms with Gasteiger partial charge in [0.1, 0.15) is 18.1 Å². The lowest BCUT2D eigenvalue weighted by atomic mass is 10.0. The van der Waals surface area contributed by atoms with Gasteiger partial charge in [-0.15, -0.1) is 0 Å². The molecule has 4 amide bonds. The molecule has 12 heteroatoms. The number of rotatable bonds is 13. The van der Waals surface area contributed by atoms with Crippen LogP contribution in [-0.2, 0) is 24.0 Å². The van der Waals surface area contributed by atoms with E-state index < -0.39 is 53.8 Å². The van der Waals surface area contributed by atoms with Crippen molar-refractivity contribution in [1.29, 1.82) is 0 Å². The average Bonchev–Trinajstić information content (AvgIpc) is 3.18. The number of hydrogen-bond donors (Lipinski definition) is 5. The third-order valence-electron chi connectivity index (χ3n) is 5.14. The number of aliphatic carboxylic acids is 1. The normalized spacial score (nSPS) is 18.7. The fourth-order valence-corrected chi connectivity index (χ4v) is 4.03. The van der Waals surface area contributed by atoms with Crippen molar-refractivity contribution in [2.24, 2.45) is 17.4 Å². The third-order valence-corrected chi connectivity index (χ3v) is 5.79. The standard InChI is InChI=1S/C20H35N5O6S/c1-11(2)9-14(17(27)23-13(20(30)31)6-8-32-3)24-18(28)15-5-4-7-25(15)19(29)12(21)10-16(22)26/h11-15H,4-10,21H2,1-3H3,(H2,22,26)(H,23,27)(H,24,28)(H,30,31). The van der Waals surface area contributed by atoms with Gasteiger partial charge >= 0.3 is 5.97 Å². The van der Waals surface area contributed by atoms with Gasteiger partial charge in [0.2, 0.25) is 23.6 Å². The van der Waals surface area contributed by atoms with Crippen LogP contribution in [0.4, 0.5) is 0 Å². The Hall–Kier alpha value is -2.34. The maximum Gasteiger partial charge on any atom is 0.326 e. The van der Waals surface area contributed by atoms with Crippen LogP contribution >= 0.6 is 11.8 Å². The molecule has 11 nitrogen and oxygen atoms in total. The summed E-state index contributed by atoms with van der Waals surface area (Å²) in [4.78, 5) is 62.2. The van der Waals surface area contributed by atoms with Crippen LogP contribution in [0.2, 0.25) is 0 Å². The minimum atomic E-state index is -1.14. The molecule has 1 fully saturated rings. The second-order valence-corrected chi connectivity index (χ2v) is 9.32. The molecule has 0 aromatic rings. The molecular formula is C20H35N5O6S. The fourth-order valence-electron chi connectivity index (χ4n) is 3.56. The largest absolute Gasteiger partial charge is 0.480 e. The molecule has 4 unspecified atom stereocenters. The lowest BCUT2D eigenvalue weighted by molar-refractivity contribution is -0.143. The number of nitrogens with zero attached hydrogens (tertiary/aromatic N) is 1. The maximum absolute atomic E-state index is 13.0. The Balaban J connectivity index is 2.89. The summed E-state index contributed by atoms with van der Waals surface area (Å²) in [5.74, 6) is -2.89. The summed E-state index contributed by atoms with van der Waals surface area (Å²) in [6.45, 7) is 4.06. The van der Waals surface area contributed by atoms with Crippen molar-refractivity contribution in [3.63, 3.8) is 0 Å². The second-order valence-electron chi connectivity index (χ2n) is 8.34. The molecule has 0 aliphatic carbocycles. The molecule has 0 aromatic heterocycles. The van der Waals surface area contributed by atoms with E-state index in [1.807, 2.05) is 20.1 Å². The van der Waals surface area contributed by atoms with E-state index >= 15 is 0 Å². The van der Waals surface area contributed by atoms with Crippen molar-refractivity contribution in [2.45, 2.75) is 70.1 Å². The van der Waals surface area contributed by atoms with Crippen LogP contribution < -0.4 is 22.1 Å². The summed E-state index contributed by atoms with van der Waals surface area (Å²) < 4.78 is 0. The van der Waals surface area contributed by atoms with Gasteiger partial charge in [0.25, 0.3) is 0 Å². The number of thioether (sulfide) groups is 1. The Kier molecular flexibility index (Phi) is 11.5. The molecule has 1 saturated heterocycles. The summed E-state index contributed by atoms with van der Waals surface area (Å²) in [5, 5.41) is 14.6. The SMILES string of the molecule is CSCCC(NC(=O)C(CC(C)C)NC(=O)C1CCCN1C(=O)C(N)CC(N)=O)C(=O)O. The predicted octanol–water partition coefficient (Wildman–Crippen LogP) is -0.966. The summed E-state index contributed by atoms with van der Waals surface area (Å²) in [6.07, 6.45) is 3.04. The van der Waals surface area contributed by atoms with E-state index in [9.17, 15) is 29.1 Å². The van der Waals surface area contributed by atoms with E-state index in [1.165, 1.54) is 16.7 Å². The Morgan fingerprint density at radius 1 is 1.16 bits per heavy atom. The van der Waals surface area contributed by atoms with Crippen molar-refractivity contribution in [3.05, 3.63) is 0 Å². The van der Waals surface area contributed by atoms with Gasteiger partial charge in [0, 0.05) is 6.54 Å². The number of carboxylic acids is 1. The van der Waals surface area contributed by atoms with E-state index in [0.29, 0.717) is 31.6 Å². The second kappa shape index (κ2) is 13.3. The number of hydrogen-bond acceptors (Lipinski definition) is 7. The predicted molar refractivity (Wildman–Crippen MR) is 120 cm³/mol. The third kappa shape index (κ3) is 8.65. The minimum Gasteiger partial charge on any atom is -0.480 e. The number of carbonyl (C=O) groups is 5. The Bertz CT molecular complexity index is 704. The summed E-state index contributed by atoms with van der Waals surface area (Å²) in [7, 11) is 0. The molecule has 182 valence electrons. The van der Waals surface area contributed by atoms with Crippen LogP contribution in [-0.4, -0.2) is 82.3 Å². The van der Waals surface area contributed by atoms with Crippen molar-refractivity contribution in [1.82, 2.24) is 15.5 Å². The molecule has 0 aromatic carbocycles. The van der Waals surface area contributed by atoms with Gasteiger partial charge in [-0.25, -0.2) is 4.79 Å². The van der Waals surface area contributed by atoms with Crippen molar-refractivity contribution < 1.29 is 29.1 Å². The van der Waals surface area contributed by atoms with Crippen molar-refractivity contribution >= 4 is 41.4 Å². The maximum atomic E-state index is 13.0. The first kappa shape index (κ1) is 27.7. The van der Waals surface area contributed by atoms with Gasteiger partial charge in [0.05, 0.1) is 12.5 Å². The lowest BCUT2D eigenvalue weighted by Crippen LogP contribution is -2.57. The van der Waals surface area contributed by atoms with Crippen LogP contribution in [0.3, 0.4) is 0 Å². The molecule has 0 spiro atoms. The van der Waals surface area contributed by atoms with E-state index in [1.54, 1.807) is 0 Å². The number of amides is 4. The monoisotopic (exact) mass is 473 g/mol. The molecule has 1 heterocycles. The quantitative estimate of drug-likeness (QED) is 0.226. The molecule has 1 aliphatic rings. The van der Waals surface area contributed by atoms with Crippen molar-refractivity contribution in [2.75, 3.05) is 18.6 Å². The summed E-state index contributed by atoms with van der Waals surface area (Å²) >= 11 is 1.47. The molecule has 0 radical (unpaired) electrons. The van der Waals surface area contributed by atoms with E-state index in [2.05, 4.69) is 10.6 Å². The van der Waals surface area contributed by atoms with Gasteiger partial charge in [-0.2, -0.15) is 11.8 Å². The Labute approximate surface area is 192 Å². The molecule has 0 saturated carbocycles. The van der Waals surface area contributed by atoms with Crippen LogP contribution in [0.5, 0.6) is 0 Å². The van der Waals surface area contributed by atoms with Gasteiger partial charge < -0.3 is 32.1 Å². The van der Waals surface area contributed by atoms with Gasteiger partial charge in [-0.3, -0.25) is 19.2 Å². The Morgan fingerprint density at radius 3 is 2.34 bits per heavy atom. The highest BCUT2D eigenvalue weighted by molar-refractivity contribution is 7.98. The minimum absolute atomic E-state index is 0.0471. The van der Waals surface area contributed by atoms with E-state index in [4.69, 9.17) is 11.5 Å². The summed E-state index contributed by atoms with van der Waals surface area (Å²) in [5.41, 5.74) is 10.9. The molecule has 0 bridgehead atoms. The molecule has 32 heavy (non-hydrogen) atoms. The van der Waals surface area contributed by atoms with Crippen molar-refractivity contribution in [3.8, 4) is 0 Å². The molecule has 4 atom stereocenters. The van der Waals surface area contributed by atoms with Crippen LogP contribution in [0.25, 0.3) is 0 Å². The van der Waals surface area contributed by atoms with Gasteiger partial charge in [-0.05, 0) is 43.6 Å². The number of nitrogens with one attached hydrogen (secondary N) is 2. The lowest BCUT2D eigenvalue weighted by Gasteiger charge is -2.29. The first-order valence-electron chi connectivity index (χ1n) is 10.6. The summed E-state index contributed by atoms with van der Waals surface area (Å²) in [6, 6.07) is -3.97. The topological polar surface area (TPSA) is 185 Å². The zero-order valence-corrected chi connectivity index (χ0v) is 19.7. The van der Waals surface area contributed by atoms with Crippen LogP contribution in [0.1, 0.15) is 46.0 Å². The highest BCUT2D eigenvalue weighted by Gasteiger charge is 2.38. The number of likely N-dealkylation sites (tertiary alicyclic amines) is 1. The van der Waals surface area contributed by atoms with E-state index in [0.717, 1.165) is 0 Å². The number of nitrogens with two attached hydrogens (primary N) is 2. The molecule has 1 aliphatic heterocycles. The number of carboxylic acid groups (broad SMARTS) is 1. The smallest absolute Gasteiger partial charge is 0.326 e. The number of carbonyl (C=O) groups excluding carboxylic acids is 4. The highest BCUT2D eigenvalue weighted by atomic mass is 32.2. The Morgan fingerprint density at radius 2 is 1.81 bits per heavy atom.